The van der Waals surface area contributed by atoms with Crippen LogP contribution in [0.25, 0.3) is 0 Å². The Hall–Kier alpha value is -2.03. The van der Waals surface area contributed by atoms with E-state index in [1.807, 2.05) is 18.2 Å². The first-order valence-corrected chi connectivity index (χ1v) is 12.1. The molecule has 32 heavy (non-hydrogen) atoms. The number of guanidine groups is 2. The highest BCUT2D eigenvalue weighted by atomic mass is 35.5. The molecule has 1 aromatic rings. The van der Waals surface area contributed by atoms with E-state index in [2.05, 4.69) is 32.1 Å². The van der Waals surface area contributed by atoms with Crippen LogP contribution in [0.4, 0.5) is 5.69 Å². The van der Waals surface area contributed by atoms with E-state index in [4.69, 9.17) is 26.8 Å². The zero-order valence-electron chi connectivity index (χ0n) is 19.1. The number of methoxy groups -OCH3 is 1. The van der Waals surface area contributed by atoms with Gasteiger partial charge in [0, 0.05) is 24.8 Å². The van der Waals surface area contributed by atoms with Gasteiger partial charge in [0.1, 0.15) is 5.75 Å². The second-order valence-corrected chi connectivity index (χ2v) is 9.32. The largest absolute Gasteiger partial charge is 0.495 e. The molecule has 1 aromatic carbocycles. The summed E-state index contributed by atoms with van der Waals surface area (Å²) in [7, 11) is 3.76. The van der Waals surface area contributed by atoms with Crippen LogP contribution in [0.3, 0.4) is 0 Å². The van der Waals surface area contributed by atoms with Gasteiger partial charge >= 0.3 is 0 Å². The second kappa shape index (κ2) is 10.7. The topological polar surface area (TPSA) is 87.7 Å². The summed E-state index contributed by atoms with van der Waals surface area (Å²) in [6, 6.07) is 5.90. The van der Waals surface area contributed by atoms with Gasteiger partial charge in [0.15, 0.2) is 0 Å². The van der Waals surface area contributed by atoms with Crippen LogP contribution in [0.2, 0.25) is 5.02 Å². The van der Waals surface area contributed by atoms with E-state index in [-0.39, 0.29) is 12.1 Å². The lowest BCUT2D eigenvalue weighted by molar-refractivity contribution is -0.0990. The molecule has 1 saturated carbocycles. The van der Waals surface area contributed by atoms with Crippen molar-refractivity contribution in [2.24, 2.45) is 15.7 Å². The molecule has 9 heteroatoms. The van der Waals surface area contributed by atoms with E-state index in [0.29, 0.717) is 22.8 Å². The summed E-state index contributed by atoms with van der Waals surface area (Å²) in [4.78, 5) is 13.8. The zero-order valence-corrected chi connectivity index (χ0v) is 19.9. The van der Waals surface area contributed by atoms with Crippen LogP contribution < -0.4 is 15.8 Å². The van der Waals surface area contributed by atoms with Crippen LogP contribution in [0.15, 0.2) is 28.2 Å². The maximum absolute atomic E-state index is 6.55. The fourth-order valence-corrected chi connectivity index (χ4v) is 4.98. The number of benzene rings is 1. The molecule has 0 bridgehead atoms. The van der Waals surface area contributed by atoms with Crippen molar-refractivity contribution in [2.45, 2.75) is 69.9 Å². The summed E-state index contributed by atoms with van der Waals surface area (Å²) in [6.45, 7) is 2.06. The molecule has 2 heterocycles. The Balaban J connectivity index is 1.58. The minimum absolute atomic E-state index is 0.163. The predicted octanol–water partition coefficient (Wildman–Crippen LogP) is 3.86. The number of ether oxygens (including phenoxy) is 2. The molecule has 4 rings (SSSR count). The fraction of sp³-hybridized carbons (Fsp3) is 0.652. The maximum atomic E-state index is 6.55. The highest BCUT2D eigenvalue weighted by Crippen LogP contribution is 2.30. The summed E-state index contributed by atoms with van der Waals surface area (Å²) in [5.74, 6) is 1.53. The van der Waals surface area contributed by atoms with E-state index < -0.39 is 6.35 Å². The minimum atomic E-state index is -0.472. The zero-order chi connectivity index (χ0) is 22.5. The van der Waals surface area contributed by atoms with Gasteiger partial charge in [-0.05, 0) is 50.9 Å². The highest BCUT2D eigenvalue weighted by molar-refractivity contribution is 6.32. The average Bonchev–Trinajstić information content (AvgIpc) is 3.05. The number of anilines is 1. The first-order valence-electron chi connectivity index (χ1n) is 11.7. The van der Waals surface area contributed by atoms with E-state index in [9.17, 15) is 0 Å². The standard InChI is InChI=1S/C23H35ClN6O2/c1-29-13-11-18(12-14-29)32-23-28-21(25)27-22(30(23)17-7-5-3-4-6-8-17)26-16-9-10-20(31-2)19(24)15-16/h9-10,15,17-18,23H,3-8,11-14H2,1-2H3,(H3,25,26,27,28). The van der Waals surface area contributed by atoms with Crippen molar-refractivity contribution in [1.29, 1.82) is 0 Å². The molecule has 2 aliphatic heterocycles. The van der Waals surface area contributed by atoms with Gasteiger partial charge in [-0.1, -0.05) is 37.3 Å². The molecule has 1 saturated heterocycles. The van der Waals surface area contributed by atoms with Crippen LogP contribution in [0, 0.1) is 0 Å². The number of nitrogens with zero attached hydrogens (tertiary/aromatic N) is 4. The maximum Gasteiger partial charge on any atom is 0.234 e. The molecule has 8 nitrogen and oxygen atoms in total. The molecule has 2 fully saturated rings. The lowest BCUT2D eigenvalue weighted by Gasteiger charge is -2.41. The summed E-state index contributed by atoms with van der Waals surface area (Å²) < 4.78 is 11.8. The minimum Gasteiger partial charge on any atom is -0.495 e. The number of halogens is 1. The van der Waals surface area contributed by atoms with Crippen LogP contribution in [0.1, 0.15) is 51.4 Å². The van der Waals surface area contributed by atoms with Gasteiger partial charge in [0.2, 0.25) is 18.3 Å². The van der Waals surface area contributed by atoms with Gasteiger partial charge in [0.05, 0.1) is 18.2 Å². The molecule has 1 unspecified atom stereocenters. The highest BCUT2D eigenvalue weighted by Gasteiger charge is 2.35. The van der Waals surface area contributed by atoms with E-state index in [0.717, 1.165) is 44.5 Å². The number of rotatable bonds is 5. The van der Waals surface area contributed by atoms with E-state index >= 15 is 0 Å². The number of nitrogens with one attached hydrogen (secondary N) is 1. The van der Waals surface area contributed by atoms with E-state index in [1.54, 1.807) is 7.11 Å². The first kappa shape index (κ1) is 23.1. The van der Waals surface area contributed by atoms with Crippen molar-refractivity contribution in [2.75, 3.05) is 32.6 Å². The summed E-state index contributed by atoms with van der Waals surface area (Å²) in [5, 5.41) is 3.97. The monoisotopic (exact) mass is 462 g/mol. The summed E-state index contributed by atoms with van der Waals surface area (Å²) >= 11 is 6.36. The Morgan fingerprint density at radius 3 is 2.47 bits per heavy atom. The number of likely N-dealkylation sites (tertiary alicyclic amines) is 1. The second-order valence-electron chi connectivity index (χ2n) is 8.91. The van der Waals surface area contributed by atoms with E-state index in [1.165, 1.54) is 25.7 Å². The van der Waals surface area contributed by atoms with Crippen LogP contribution in [0.5, 0.6) is 5.75 Å². The third-order valence-electron chi connectivity index (χ3n) is 6.55. The van der Waals surface area contributed by atoms with Gasteiger partial charge < -0.3 is 25.4 Å². The first-order chi connectivity index (χ1) is 15.5. The average molecular weight is 463 g/mol. The molecule has 0 aromatic heterocycles. The number of hydrogen-bond acceptors (Lipinski definition) is 8. The van der Waals surface area contributed by atoms with Crippen LogP contribution in [-0.4, -0.2) is 67.5 Å². The lowest BCUT2D eigenvalue weighted by atomic mass is 10.1. The summed E-state index contributed by atoms with van der Waals surface area (Å²) in [5.41, 5.74) is 6.98. The SMILES string of the molecule is COc1ccc(NC2=NC(N)=NC(OC3CCN(C)CC3)N2C2CCCCCC2)cc1Cl. The van der Waals surface area contributed by atoms with Crippen molar-refractivity contribution < 1.29 is 9.47 Å². The fourth-order valence-electron chi connectivity index (χ4n) is 4.72. The molecule has 1 aliphatic carbocycles. The van der Waals surface area contributed by atoms with Crippen molar-refractivity contribution in [1.82, 2.24) is 9.80 Å². The van der Waals surface area contributed by atoms with Gasteiger partial charge in [0.25, 0.3) is 0 Å². The normalized spacial score (nSPS) is 24.0. The van der Waals surface area contributed by atoms with Crippen molar-refractivity contribution in [3.63, 3.8) is 0 Å². The molecular formula is C23H35ClN6O2. The Bertz CT molecular complexity index is 832. The third-order valence-corrected chi connectivity index (χ3v) is 6.85. The molecule has 3 aliphatic rings. The van der Waals surface area contributed by atoms with Gasteiger partial charge in [-0.15, -0.1) is 0 Å². The van der Waals surface area contributed by atoms with Crippen LogP contribution in [-0.2, 0) is 4.74 Å². The Morgan fingerprint density at radius 1 is 1.09 bits per heavy atom. The molecule has 0 spiro atoms. The number of aliphatic imine (C=N–C) groups is 2. The van der Waals surface area contributed by atoms with Gasteiger partial charge in [-0.3, -0.25) is 4.90 Å². The predicted molar refractivity (Wildman–Crippen MR) is 129 cm³/mol. The Morgan fingerprint density at radius 2 is 1.81 bits per heavy atom. The Labute approximate surface area is 195 Å². The molecule has 3 N–H and O–H groups in total. The van der Waals surface area contributed by atoms with Gasteiger partial charge in [-0.2, -0.15) is 9.98 Å². The van der Waals surface area contributed by atoms with Crippen LogP contribution >= 0.6 is 11.6 Å². The summed E-state index contributed by atoms with van der Waals surface area (Å²) in [6.07, 6.45) is 8.79. The van der Waals surface area contributed by atoms with Crippen molar-refractivity contribution in [3.8, 4) is 5.75 Å². The number of hydrogen-bond donors (Lipinski definition) is 2. The number of nitrogens with two attached hydrogens (primary N) is 1. The third kappa shape index (κ3) is 5.66. The molecular weight excluding hydrogens is 428 g/mol. The molecule has 0 radical (unpaired) electrons. The van der Waals surface area contributed by atoms with Crippen molar-refractivity contribution >= 4 is 29.2 Å². The van der Waals surface area contributed by atoms with Gasteiger partial charge in [-0.25, -0.2) is 0 Å². The lowest BCUT2D eigenvalue weighted by Crippen LogP contribution is -2.54. The van der Waals surface area contributed by atoms with Crippen molar-refractivity contribution in [3.05, 3.63) is 23.2 Å². The number of piperidine rings is 1. The molecule has 0 amide bonds. The Kier molecular flexibility index (Phi) is 7.75. The quantitative estimate of drug-likeness (QED) is 0.646. The molecule has 1 atom stereocenters. The smallest absolute Gasteiger partial charge is 0.234 e. The molecule has 176 valence electrons.